The Morgan fingerprint density at radius 3 is 2.96 bits per heavy atom. The van der Waals surface area contributed by atoms with Gasteiger partial charge >= 0.3 is 0 Å². The van der Waals surface area contributed by atoms with Crippen LogP contribution < -0.4 is 5.32 Å². The second-order valence-corrected chi connectivity index (χ2v) is 7.39. The number of hydrogen-bond acceptors (Lipinski definition) is 3. The van der Waals surface area contributed by atoms with E-state index in [1.165, 1.54) is 12.1 Å². The molecule has 6 heteroatoms. The zero-order valence-electron chi connectivity index (χ0n) is 14.1. The molecule has 2 heterocycles. The van der Waals surface area contributed by atoms with Gasteiger partial charge in [0.2, 0.25) is 0 Å². The van der Waals surface area contributed by atoms with Gasteiger partial charge in [-0.05, 0) is 35.7 Å². The molecule has 1 atom stereocenters. The summed E-state index contributed by atoms with van der Waals surface area (Å²) in [6.45, 7) is 0.613. The summed E-state index contributed by atoms with van der Waals surface area (Å²) < 4.78 is 15.3. The third kappa shape index (κ3) is 3.65. The lowest BCUT2D eigenvalue weighted by atomic mass is 10.0. The Kier molecular flexibility index (Phi) is 4.75. The topological polar surface area (TPSA) is 46.9 Å². The molecule has 2 aromatic carbocycles. The van der Waals surface area contributed by atoms with Crippen LogP contribution in [0.4, 0.5) is 4.39 Å². The highest BCUT2D eigenvalue weighted by Crippen LogP contribution is 2.36. The van der Waals surface area contributed by atoms with Crippen LogP contribution in [0.3, 0.4) is 0 Å². The first kappa shape index (κ1) is 16.8. The highest BCUT2D eigenvalue weighted by molar-refractivity contribution is 7.99. The van der Waals surface area contributed by atoms with Crippen molar-refractivity contribution in [3.05, 3.63) is 83.4 Å². The molecule has 0 fully saturated rings. The molecule has 4 nitrogen and oxygen atoms in total. The van der Waals surface area contributed by atoms with Gasteiger partial charge in [0, 0.05) is 16.8 Å². The van der Waals surface area contributed by atoms with Crippen molar-refractivity contribution >= 4 is 17.7 Å². The molecule has 1 aromatic heterocycles. The first-order valence-electron chi connectivity index (χ1n) is 8.48. The fourth-order valence-electron chi connectivity index (χ4n) is 3.09. The van der Waals surface area contributed by atoms with Crippen LogP contribution in [-0.2, 0) is 6.54 Å². The van der Waals surface area contributed by atoms with E-state index in [0.717, 1.165) is 28.2 Å². The second-order valence-electron chi connectivity index (χ2n) is 6.26. The van der Waals surface area contributed by atoms with Crippen LogP contribution in [0.2, 0.25) is 0 Å². The van der Waals surface area contributed by atoms with Crippen molar-refractivity contribution in [3.8, 4) is 0 Å². The Labute approximate surface area is 155 Å². The van der Waals surface area contributed by atoms with Crippen molar-refractivity contribution in [3.63, 3.8) is 0 Å². The van der Waals surface area contributed by atoms with Gasteiger partial charge in [-0.2, -0.15) is 5.10 Å². The maximum atomic E-state index is 13.6. The molecular formula is C20H18FN3OS. The quantitative estimate of drug-likeness (QED) is 0.757. The Morgan fingerprint density at radius 2 is 2.12 bits per heavy atom. The summed E-state index contributed by atoms with van der Waals surface area (Å²) in [6.07, 6.45) is 4.10. The van der Waals surface area contributed by atoms with E-state index in [-0.39, 0.29) is 17.8 Å². The number of carbonyl (C=O) groups is 1. The number of nitrogens with zero attached hydrogens (tertiary/aromatic N) is 2. The normalized spacial score (nSPS) is 16.1. The number of benzene rings is 2. The van der Waals surface area contributed by atoms with Gasteiger partial charge in [-0.25, -0.2) is 4.39 Å². The van der Waals surface area contributed by atoms with Crippen LogP contribution in [0.1, 0.15) is 33.9 Å². The molecule has 0 saturated heterocycles. The van der Waals surface area contributed by atoms with Crippen molar-refractivity contribution in [2.24, 2.45) is 0 Å². The minimum absolute atomic E-state index is 0.174. The van der Waals surface area contributed by atoms with Crippen LogP contribution >= 0.6 is 11.8 Å². The minimum atomic E-state index is -0.277. The van der Waals surface area contributed by atoms with Crippen LogP contribution in [-0.4, -0.2) is 21.4 Å². The summed E-state index contributed by atoms with van der Waals surface area (Å²) in [4.78, 5) is 13.6. The van der Waals surface area contributed by atoms with Crippen LogP contribution in [0.15, 0.2) is 65.8 Å². The highest BCUT2D eigenvalue weighted by atomic mass is 32.2. The molecular weight excluding hydrogens is 349 g/mol. The third-order valence-electron chi connectivity index (χ3n) is 4.40. The van der Waals surface area contributed by atoms with E-state index in [4.69, 9.17) is 0 Å². The monoisotopic (exact) mass is 367 g/mol. The Balaban J connectivity index is 1.47. The van der Waals surface area contributed by atoms with Crippen molar-refractivity contribution < 1.29 is 9.18 Å². The Bertz CT molecular complexity index is 926. The zero-order valence-corrected chi connectivity index (χ0v) is 14.9. The van der Waals surface area contributed by atoms with Crippen molar-refractivity contribution in [2.45, 2.75) is 23.9 Å². The number of carbonyl (C=O) groups excluding carboxylic acids is 1. The van der Waals surface area contributed by atoms with Gasteiger partial charge < -0.3 is 5.32 Å². The number of rotatable bonds is 4. The first-order valence-corrected chi connectivity index (χ1v) is 9.47. The lowest BCUT2D eigenvalue weighted by Gasteiger charge is -2.25. The highest BCUT2D eigenvalue weighted by Gasteiger charge is 2.23. The summed E-state index contributed by atoms with van der Waals surface area (Å²) >= 11 is 1.69. The zero-order chi connectivity index (χ0) is 17.9. The van der Waals surface area contributed by atoms with E-state index < -0.39 is 0 Å². The minimum Gasteiger partial charge on any atom is -0.345 e. The van der Waals surface area contributed by atoms with E-state index in [0.29, 0.717) is 12.1 Å². The number of fused-ring (bicyclic) bond motifs is 1. The molecule has 0 unspecified atom stereocenters. The number of amides is 1. The molecule has 4 rings (SSSR count). The van der Waals surface area contributed by atoms with Crippen molar-refractivity contribution in [1.82, 2.24) is 15.1 Å². The molecule has 1 aliphatic rings. The lowest BCUT2D eigenvalue weighted by molar-refractivity contribution is 0.0934. The predicted molar refractivity (Wildman–Crippen MR) is 99.7 cm³/mol. The number of aromatic nitrogens is 2. The van der Waals surface area contributed by atoms with Crippen molar-refractivity contribution in [2.75, 3.05) is 5.75 Å². The molecule has 0 saturated carbocycles. The van der Waals surface area contributed by atoms with E-state index >= 15 is 0 Å². The number of nitrogens with one attached hydrogen (secondary N) is 1. The largest absolute Gasteiger partial charge is 0.345 e. The predicted octanol–water partition coefficient (Wildman–Crippen LogP) is 4.04. The summed E-state index contributed by atoms with van der Waals surface area (Å²) in [7, 11) is 0. The second kappa shape index (κ2) is 7.33. The molecule has 0 radical (unpaired) electrons. The summed E-state index contributed by atoms with van der Waals surface area (Å²) in [6, 6.07) is 14.6. The Hall–Kier alpha value is -2.60. The van der Waals surface area contributed by atoms with Gasteiger partial charge in [-0.15, -0.1) is 11.8 Å². The first-order chi connectivity index (χ1) is 12.7. The molecule has 0 bridgehead atoms. The molecule has 1 amide bonds. The van der Waals surface area contributed by atoms with Gasteiger partial charge in [0.1, 0.15) is 5.82 Å². The van der Waals surface area contributed by atoms with E-state index in [1.807, 2.05) is 30.3 Å². The summed E-state index contributed by atoms with van der Waals surface area (Å²) in [5.41, 5.74) is 2.49. The standard InChI is InChI=1S/C20H18FN3OS/c21-16-6-7-19-17(10-16)18(8-9-26-19)23-20(25)15-11-22-24(13-15)12-14-4-2-1-3-5-14/h1-7,10-11,13,18H,8-9,12H2,(H,23,25)/t18-/m1/s1. The molecule has 0 spiro atoms. The number of hydrogen-bond donors (Lipinski definition) is 1. The average molecular weight is 367 g/mol. The molecule has 1 aliphatic heterocycles. The molecule has 3 aromatic rings. The fourth-order valence-corrected chi connectivity index (χ4v) is 4.20. The SMILES string of the molecule is O=C(N[C@@H]1CCSc2ccc(F)cc21)c1cnn(Cc2ccccc2)c1. The smallest absolute Gasteiger partial charge is 0.254 e. The van der Waals surface area contributed by atoms with E-state index in [9.17, 15) is 9.18 Å². The Morgan fingerprint density at radius 1 is 1.27 bits per heavy atom. The van der Waals surface area contributed by atoms with Crippen LogP contribution in [0.5, 0.6) is 0 Å². The molecule has 132 valence electrons. The third-order valence-corrected chi connectivity index (χ3v) is 5.52. The van der Waals surface area contributed by atoms with Gasteiger partial charge in [0.25, 0.3) is 5.91 Å². The molecule has 0 aliphatic carbocycles. The van der Waals surface area contributed by atoms with Crippen LogP contribution in [0.25, 0.3) is 0 Å². The van der Waals surface area contributed by atoms with Crippen LogP contribution in [0, 0.1) is 5.82 Å². The fraction of sp³-hybridized carbons (Fsp3) is 0.200. The summed E-state index contributed by atoms with van der Waals surface area (Å²) in [5, 5.41) is 7.30. The maximum Gasteiger partial charge on any atom is 0.254 e. The maximum absolute atomic E-state index is 13.6. The van der Waals surface area contributed by atoms with Gasteiger partial charge in [-0.1, -0.05) is 30.3 Å². The number of halogens is 1. The van der Waals surface area contributed by atoms with Gasteiger partial charge in [0.15, 0.2) is 0 Å². The van der Waals surface area contributed by atoms with Crippen molar-refractivity contribution in [1.29, 1.82) is 0 Å². The lowest BCUT2D eigenvalue weighted by Crippen LogP contribution is -2.30. The summed E-state index contributed by atoms with van der Waals surface area (Å²) in [5.74, 6) is 0.439. The molecule has 26 heavy (non-hydrogen) atoms. The average Bonchev–Trinajstić information content (AvgIpc) is 3.12. The number of thioether (sulfide) groups is 1. The van der Waals surface area contributed by atoms with E-state index in [2.05, 4.69) is 10.4 Å². The van der Waals surface area contributed by atoms with Gasteiger partial charge in [-0.3, -0.25) is 9.48 Å². The van der Waals surface area contributed by atoms with Gasteiger partial charge in [0.05, 0.1) is 24.3 Å². The molecule has 1 N–H and O–H groups in total. The van der Waals surface area contributed by atoms with E-state index in [1.54, 1.807) is 34.9 Å².